The number of benzene rings is 2. The second kappa shape index (κ2) is 11.6. The number of nitrogens with zero attached hydrogens (tertiary/aromatic N) is 5. The fourth-order valence-electron chi connectivity index (χ4n) is 7.24. The quantitative estimate of drug-likeness (QED) is 0.181. The van der Waals surface area contributed by atoms with Gasteiger partial charge in [-0.25, -0.2) is 18.2 Å². The third-order valence-electron chi connectivity index (χ3n) is 9.70. The van der Waals surface area contributed by atoms with E-state index in [1.54, 1.807) is 15.6 Å². The van der Waals surface area contributed by atoms with Gasteiger partial charge in [0.1, 0.15) is 40.7 Å². The van der Waals surface area contributed by atoms with Crippen molar-refractivity contribution in [2.75, 3.05) is 0 Å². The summed E-state index contributed by atoms with van der Waals surface area (Å²) in [6.07, 6.45) is 2.80. The third kappa shape index (κ3) is 5.04. The molecule has 1 saturated carbocycles. The number of aromatic nitrogens is 4. The molecule has 0 unspecified atom stereocenters. The van der Waals surface area contributed by atoms with Crippen LogP contribution in [-0.2, 0) is 18.4 Å². The highest BCUT2D eigenvalue weighted by molar-refractivity contribution is 7.17. The minimum atomic E-state index is -0.947. The standard InChI is InChI=1S/C37H32F3N5O3S/c1-5-31(47)45-18(2)16-44-29(19(45)3)15-27(42-44)36-34(32-25(39)11-22(38)12-30(32)48-24-13-23(46)14-24)33-26(40)17-49-37(33)35(41-36)21-6-7-28-20(10-21)8-9-43(28)4/h5-12,15,17-19,23-24,46H,1,13-14,16H2,2-4H3/t18-,19+,23?,24?/m1/s1. The van der Waals surface area contributed by atoms with Gasteiger partial charge in [-0.05, 0) is 44.2 Å². The number of carbonyl (C=O) groups excluding carboxylic acids is 1. The maximum atomic E-state index is 16.2. The van der Waals surface area contributed by atoms with Crippen LogP contribution in [0.4, 0.5) is 13.2 Å². The number of halogens is 3. The fourth-order valence-corrected chi connectivity index (χ4v) is 8.17. The van der Waals surface area contributed by atoms with E-state index in [4.69, 9.17) is 14.8 Å². The summed E-state index contributed by atoms with van der Waals surface area (Å²) in [4.78, 5) is 19.7. The lowest BCUT2D eigenvalue weighted by atomic mass is 9.91. The number of hydrogen-bond acceptors (Lipinski definition) is 6. The predicted molar refractivity (Wildman–Crippen MR) is 183 cm³/mol. The summed E-state index contributed by atoms with van der Waals surface area (Å²) in [5.74, 6) is -2.73. The first-order valence-electron chi connectivity index (χ1n) is 16.1. The van der Waals surface area contributed by atoms with Crippen LogP contribution in [0.1, 0.15) is 38.4 Å². The molecule has 0 spiro atoms. The number of aryl methyl sites for hydroxylation is 1. The smallest absolute Gasteiger partial charge is 0.246 e. The molecule has 0 saturated heterocycles. The molecule has 1 aliphatic carbocycles. The van der Waals surface area contributed by atoms with Crippen LogP contribution in [0.2, 0.25) is 0 Å². The Kier molecular flexibility index (Phi) is 7.41. The second-order valence-corrected chi connectivity index (χ2v) is 13.8. The zero-order valence-corrected chi connectivity index (χ0v) is 27.8. The molecule has 0 radical (unpaired) electrons. The number of aliphatic hydroxyl groups is 1. The van der Waals surface area contributed by atoms with Gasteiger partial charge >= 0.3 is 0 Å². The van der Waals surface area contributed by atoms with E-state index in [0.717, 1.165) is 39.9 Å². The van der Waals surface area contributed by atoms with Crippen LogP contribution in [0, 0.1) is 17.5 Å². The van der Waals surface area contributed by atoms with E-state index in [9.17, 15) is 14.3 Å². The molecule has 250 valence electrons. The summed E-state index contributed by atoms with van der Waals surface area (Å²) >= 11 is 1.15. The van der Waals surface area contributed by atoms with Gasteiger partial charge in [0.25, 0.3) is 0 Å². The lowest BCUT2D eigenvalue weighted by molar-refractivity contribution is -0.131. The third-order valence-corrected chi connectivity index (χ3v) is 10.7. The Hall–Kier alpha value is -4.94. The van der Waals surface area contributed by atoms with Crippen molar-refractivity contribution in [2.24, 2.45) is 7.05 Å². The lowest BCUT2D eigenvalue weighted by Gasteiger charge is -2.38. The van der Waals surface area contributed by atoms with Gasteiger partial charge in [0.05, 0.1) is 40.3 Å². The Morgan fingerprint density at radius 1 is 1.06 bits per heavy atom. The summed E-state index contributed by atoms with van der Waals surface area (Å²) in [7, 11) is 1.95. The second-order valence-electron chi connectivity index (χ2n) is 12.9. The molecule has 12 heteroatoms. The number of carbonyl (C=O) groups is 1. The average Bonchev–Trinajstić information content (AvgIpc) is 3.76. The fraction of sp³-hybridized carbons (Fsp3) is 0.270. The summed E-state index contributed by atoms with van der Waals surface area (Å²) in [5.41, 5.74) is 3.39. The monoisotopic (exact) mass is 683 g/mol. The van der Waals surface area contributed by atoms with Crippen LogP contribution in [-0.4, -0.2) is 53.5 Å². The van der Waals surface area contributed by atoms with Crippen LogP contribution < -0.4 is 4.74 Å². The first-order valence-corrected chi connectivity index (χ1v) is 16.9. The van der Waals surface area contributed by atoms with Gasteiger partial charge in [-0.15, -0.1) is 11.3 Å². The molecule has 1 aliphatic heterocycles. The largest absolute Gasteiger partial charge is 0.489 e. The van der Waals surface area contributed by atoms with Gasteiger partial charge in [-0.2, -0.15) is 5.10 Å². The topological polar surface area (TPSA) is 85.4 Å². The highest BCUT2D eigenvalue weighted by atomic mass is 32.1. The van der Waals surface area contributed by atoms with Crippen molar-refractivity contribution >= 4 is 38.2 Å². The molecule has 2 aliphatic rings. The van der Waals surface area contributed by atoms with E-state index in [0.29, 0.717) is 41.2 Å². The Morgan fingerprint density at radius 3 is 2.61 bits per heavy atom. The highest BCUT2D eigenvalue weighted by Gasteiger charge is 2.36. The van der Waals surface area contributed by atoms with Gasteiger partial charge in [0.2, 0.25) is 5.91 Å². The minimum Gasteiger partial charge on any atom is -0.489 e. The molecule has 8 rings (SSSR count). The highest BCUT2D eigenvalue weighted by Crippen LogP contribution is 2.49. The van der Waals surface area contributed by atoms with Gasteiger partial charge in [-0.3, -0.25) is 9.48 Å². The summed E-state index contributed by atoms with van der Waals surface area (Å²) < 4.78 is 57.6. The SMILES string of the molecule is C=CC(=O)N1[C@H](C)Cn2nc(-c3nc(-c4ccc5c(ccn5C)c4)c4scc(F)c4c3-c3c(F)cc(F)cc3OC3CC(O)C3)cc2[C@@H]1C. The molecule has 1 N–H and O–H groups in total. The molecule has 1 fully saturated rings. The Labute approximate surface area is 283 Å². The van der Waals surface area contributed by atoms with Gasteiger partial charge in [0.15, 0.2) is 0 Å². The van der Waals surface area contributed by atoms with E-state index in [1.807, 2.05) is 55.9 Å². The van der Waals surface area contributed by atoms with E-state index in [2.05, 4.69) is 6.58 Å². The number of amides is 1. The predicted octanol–water partition coefficient (Wildman–Crippen LogP) is 7.78. The molecular weight excluding hydrogens is 652 g/mol. The molecule has 8 nitrogen and oxygen atoms in total. The van der Waals surface area contributed by atoms with Crippen molar-refractivity contribution in [3.8, 4) is 39.5 Å². The minimum absolute atomic E-state index is 0.0841. The lowest BCUT2D eigenvalue weighted by Crippen LogP contribution is -2.46. The van der Waals surface area contributed by atoms with E-state index in [-0.39, 0.29) is 45.9 Å². The number of hydrogen-bond donors (Lipinski definition) is 1. The number of ether oxygens (including phenoxy) is 1. The number of thiophene rings is 1. The molecule has 2 atom stereocenters. The summed E-state index contributed by atoms with van der Waals surface area (Å²) in [6.45, 7) is 7.85. The van der Waals surface area contributed by atoms with Crippen molar-refractivity contribution in [2.45, 2.75) is 57.5 Å². The normalized spacial score (nSPS) is 20.4. The average molecular weight is 684 g/mol. The molecule has 0 bridgehead atoms. The summed E-state index contributed by atoms with van der Waals surface area (Å²) in [6, 6.07) is 10.9. The van der Waals surface area contributed by atoms with Gasteiger partial charge < -0.3 is 19.3 Å². The van der Waals surface area contributed by atoms with Crippen LogP contribution in [0.5, 0.6) is 5.75 Å². The van der Waals surface area contributed by atoms with Crippen LogP contribution >= 0.6 is 11.3 Å². The molecule has 5 heterocycles. The molecular formula is C37H32F3N5O3S. The Balaban J connectivity index is 1.41. The van der Waals surface area contributed by atoms with Crippen molar-refractivity contribution < 1.29 is 27.8 Å². The maximum absolute atomic E-state index is 16.2. The first kappa shape index (κ1) is 31.3. The molecule has 6 aromatic rings. The van der Waals surface area contributed by atoms with Crippen LogP contribution in [0.3, 0.4) is 0 Å². The van der Waals surface area contributed by atoms with Gasteiger partial charge in [-0.1, -0.05) is 12.6 Å². The molecule has 49 heavy (non-hydrogen) atoms. The van der Waals surface area contributed by atoms with Crippen molar-refractivity contribution in [3.63, 3.8) is 0 Å². The Bertz CT molecular complexity index is 2320. The van der Waals surface area contributed by atoms with Crippen molar-refractivity contribution in [1.82, 2.24) is 24.2 Å². The van der Waals surface area contributed by atoms with Crippen LogP contribution in [0.25, 0.3) is 54.8 Å². The number of rotatable bonds is 6. The molecule has 2 aromatic carbocycles. The van der Waals surface area contributed by atoms with Crippen LogP contribution in [0.15, 0.2) is 66.7 Å². The van der Waals surface area contributed by atoms with Crippen molar-refractivity contribution in [1.29, 1.82) is 0 Å². The number of pyridine rings is 1. The van der Waals surface area contributed by atoms with E-state index in [1.165, 1.54) is 11.5 Å². The summed E-state index contributed by atoms with van der Waals surface area (Å²) in [5, 5.41) is 17.2. The molecule has 1 amide bonds. The number of aliphatic hydroxyl groups excluding tert-OH is 1. The zero-order valence-electron chi connectivity index (χ0n) is 27.0. The van der Waals surface area contributed by atoms with Gasteiger partial charge in [0, 0.05) is 77.1 Å². The number of fused-ring (bicyclic) bond motifs is 3. The van der Waals surface area contributed by atoms with Crippen molar-refractivity contribution in [3.05, 3.63) is 89.8 Å². The van der Waals surface area contributed by atoms with E-state index < -0.39 is 29.7 Å². The maximum Gasteiger partial charge on any atom is 0.246 e. The Morgan fingerprint density at radius 2 is 1.86 bits per heavy atom. The van der Waals surface area contributed by atoms with E-state index >= 15 is 8.78 Å². The first-order chi connectivity index (χ1) is 23.5. The molecule has 4 aromatic heterocycles. The zero-order chi connectivity index (χ0) is 34.3.